The fourth-order valence-electron chi connectivity index (χ4n) is 9.09. The topological polar surface area (TPSA) is 35.9 Å². The molecule has 0 radical (unpaired) electrons. The second-order valence-corrected chi connectivity index (χ2v) is 19.3. The minimum absolute atomic E-state index is 0.00684. The van der Waals surface area contributed by atoms with Gasteiger partial charge in [-0.25, -0.2) is 4.98 Å². The second-order valence-electron chi connectivity index (χ2n) is 19.3. The van der Waals surface area contributed by atoms with Crippen LogP contribution in [0.25, 0.3) is 72.3 Å². The van der Waals surface area contributed by atoms with Gasteiger partial charge in [0, 0.05) is 23.0 Å². The van der Waals surface area contributed by atoms with Crippen LogP contribution in [0.3, 0.4) is 0 Å². The van der Waals surface area contributed by atoms with Gasteiger partial charge < -0.3 is 4.74 Å². The monoisotopic (exact) mass is 834 g/mol. The van der Waals surface area contributed by atoms with E-state index in [0.717, 1.165) is 84.0 Å². The van der Waals surface area contributed by atoms with Crippen molar-refractivity contribution in [3.8, 4) is 50.9 Å². The molecule has 7 aromatic carbocycles. The van der Waals surface area contributed by atoms with Gasteiger partial charge in [-0.3, -0.25) is 13.7 Å². The number of ether oxygens (including phenoxy) is 1. The first-order valence-electron chi connectivity index (χ1n) is 22.4. The van der Waals surface area contributed by atoms with E-state index in [4.69, 9.17) is 9.72 Å². The Morgan fingerprint density at radius 3 is 1.95 bits per heavy atom. The summed E-state index contributed by atoms with van der Waals surface area (Å²) in [5.41, 5.74) is 14.8. The number of fused-ring (bicyclic) bond motifs is 4. The number of para-hydroxylation sites is 2. The fourth-order valence-corrected chi connectivity index (χ4v) is 9.09. The summed E-state index contributed by atoms with van der Waals surface area (Å²) >= 11 is 0. The summed E-state index contributed by atoms with van der Waals surface area (Å²) in [7, 11) is 0. The minimum atomic E-state index is 0.00684. The molecule has 0 saturated heterocycles. The lowest BCUT2D eigenvalue weighted by Gasteiger charge is -2.27. The molecule has 0 aliphatic rings. The van der Waals surface area contributed by atoms with Crippen LogP contribution in [0.5, 0.6) is 11.5 Å². The van der Waals surface area contributed by atoms with E-state index < -0.39 is 0 Å². The molecule has 5 heteroatoms. The number of pyridine rings is 1. The Balaban J connectivity index is 1.10. The maximum Gasteiger partial charge on any atom is 0.269 e. The van der Waals surface area contributed by atoms with Crippen LogP contribution in [0.1, 0.15) is 71.1 Å². The number of hydrogen-bond acceptors (Lipinski definition) is 2. The van der Waals surface area contributed by atoms with E-state index in [1.54, 1.807) is 0 Å². The lowest BCUT2D eigenvalue weighted by molar-refractivity contribution is -0.571. The molecule has 0 amide bonds. The maximum absolute atomic E-state index is 6.83. The van der Waals surface area contributed by atoms with Gasteiger partial charge in [-0.1, -0.05) is 158 Å². The SMILES string of the molecule is Cc1cccc2c1[n+](-c1c(-c3ccccc3)cccc1-c1ccccc1)[c-]n2-c1cccc(Oc2ccc3c4cc(C(C)(C)C)ccc4n(-c4cc(C(C)C(C)(C)C)ccn4)c3c2)c1. The number of aromatic nitrogens is 4. The van der Waals surface area contributed by atoms with Gasteiger partial charge in [0.2, 0.25) is 0 Å². The normalized spacial score (nSPS) is 12.6. The molecule has 10 aromatic rings. The van der Waals surface area contributed by atoms with Crippen molar-refractivity contribution >= 4 is 32.8 Å². The summed E-state index contributed by atoms with van der Waals surface area (Å²) in [6, 6.07) is 60.4. The standard InChI is InChI=1S/C59H54N4O/c1-39-18-15-27-53-56(39)62(57-48(41-19-11-9-12-20-41)25-17-26-49(57)42-21-13-10-14-22-42)38-61(53)45-23-16-24-46(36-45)64-47-29-30-50-51-35-44(59(6,7)8)28-31-52(51)63(54(50)37-47)55-34-43(32-33-60-55)40(2)58(3,4)5/h9-37,40H,1-8H3. The molecule has 316 valence electrons. The van der Waals surface area contributed by atoms with Gasteiger partial charge in [0.15, 0.2) is 0 Å². The predicted octanol–water partition coefficient (Wildman–Crippen LogP) is 15.1. The fraction of sp³-hybridized carbons (Fsp3) is 0.186. The molecule has 0 N–H and O–H groups in total. The zero-order valence-corrected chi connectivity index (χ0v) is 38.0. The number of hydrogen-bond donors (Lipinski definition) is 0. The summed E-state index contributed by atoms with van der Waals surface area (Å²) in [5.74, 6) is 2.73. The maximum atomic E-state index is 6.83. The van der Waals surface area contributed by atoms with E-state index in [-0.39, 0.29) is 10.8 Å². The molecule has 0 saturated carbocycles. The van der Waals surface area contributed by atoms with Gasteiger partial charge in [-0.15, -0.1) is 0 Å². The third-order valence-corrected chi connectivity index (χ3v) is 13.0. The number of nitrogens with zero attached hydrogens (tertiary/aromatic N) is 4. The van der Waals surface area contributed by atoms with Gasteiger partial charge in [0.25, 0.3) is 6.33 Å². The van der Waals surface area contributed by atoms with Gasteiger partial charge in [0.1, 0.15) is 17.3 Å². The molecule has 0 bridgehead atoms. The van der Waals surface area contributed by atoms with E-state index >= 15 is 0 Å². The van der Waals surface area contributed by atoms with E-state index in [1.165, 1.54) is 16.5 Å². The van der Waals surface area contributed by atoms with Crippen molar-refractivity contribution in [1.82, 2.24) is 14.1 Å². The molecular weight excluding hydrogens is 781 g/mol. The lowest BCUT2D eigenvalue weighted by atomic mass is 9.78. The second kappa shape index (κ2) is 15.8. The van der Waals surface area contributed by atoms with E-state index in [2.05, 4.69) is 239 Å². The van der Waals surface area contributed by atoms with E-state index in [1.807, 2.05) is 12.3 Å². The van der Waals surface area contributed by atoms with Crippen LogP contribution < -0.4 is 9.30 Å². The highest BCUT2D eigenvalue weighted by Gasteiger charge is 2.25. The molecule has 64 heavy (non-hydrogen) atoms. The van der Waals surface area contributed by atoms with Gasteiger partial charge in [-0.2, -0.15) is 0 Å². The lowest BCUT2D eigenvalue weighted by Crippen LogP contribution is -2.32. The molecule has 3 heterocycles. The first kappa shape index (κ1) is 40.8. The van der Waals surface area contributed by atoms with Gasteiger partial charge in [0.05, 0.1) is 33.4 Å². The van der Waals surface area contributed by atoms with Gasteiger partial charge >= 0.3 is 0 Å². The smallest absolute Gasteiger partial charge is 0.269 e. The van der Waals surface area contributed by atoms with Crippen molar-refractivity contribution < 1.29 is 9.30 Å². The highest BCUT2D eigenvalue weighted by Crippen LogP contribution is 2.40. The van der Waals surface area contributed by atoms with Crippen molar-refractivity contribution in [2.24, 2.45) is 5.41 Å². The summed E-state index contributed by atoms with van der Waals surface area (Å²) in [4.78, 5) is 4.99. The molecule has 0 spiro atoms. The van der Waals surface area contributed by atoms with E-state index in [0.29, 0.717) is 5.92 Å². The van der Waals surface area contributed by atoms with Crippen LogP contribution in [-0.4, -0.2) is 14.1 Å². The first-order chi connectivity index (χ1) is 30.8. The third kappa shape index (κ3) is 7.35. The zero-order chi connectivity index (χ0) is 44.3. The summed E-state index contributed by atoms with van der Waals surface area (Å²) in [6.45, 7) is 18.2. The number of aryl methyl sites for hydroxylation is 1. The highest BCUT2D eigenvalue weighted by molar-refractivity contribution is 6.09. The van der Waals surface area contributed by atoms with Crippen LogP contribution in [0.15, 0.2) is 176 Å². The third-order valence-electron chi connectivity index (χ3n) is 13.0. The van der Waals surface area contributed by atoms with Crippen molar-refractivity contribution in [2.75, 3.05) is 0 Å². The van der Waals surface area contributed by atoms with Crippen molar-refractivity contribution in [1.29, 1.82) is 0 Å². The average Bonchev–Trinajstić information content (AvgIpc) is 3.85. The molecule has 1 unspecified atom stereocenters. The molecule has 10 rings (SSSR count). The Hall–Kier alpha value is -7.24. The van der Waals surface area contributed by atoms with Crippen molar-refractivity contribution in [3.05, 3.63) is 199 Å². The van der Waals surface area contributed by atoms with Crippen molar-refractivity contribution in [2.45, 2.75) is 66.7 Å². The Morgan fingerprint density at radius 2 is 1.27 bits per heavy atom. The van der Waals surface area contributed by atoms with Crippen LogP contribution in [0.4, 0.5) is 0 Å². The Bertz CT molecular complexity index is 3290. The van der Waals surface area contributed by atoms with Gasteiger partial charge in [-0.05, 0) is 117 Å². The number of rotatable bonds is 8. The molecule has 1 atom stereocenters. The number of benzene rings is 7. The van der Waals surface area contributed by atoms with Crippen molar-refractivity contribution in [3.63, 3.8) is 0 Å². The molecular formula is C59H54N4O. The molecule has 5 nitrogen and oxygen atoms in total. The summed E-state index contributed by atoms with van der Waals surface area (Å²) in [5, 5.41) is 2.37. The van der Waals surface area contributed by atoms with Crippen LogP contribution in [-0.2, 0) is 5.41 Å². The molecule has 0 aliphatic heterocycles. The summed E-state index contributed by atoms with van der Waals surface area (Å²) < 4.78 is 13.6. The zero-order valence-electron chi connectivity index (χ0n) is 38.0. The van der Waals surface area contributed by atoms with Crippen LogP contribution in [0, 0.1) is 18.7 Å². The predicted molar refractivity (Wildman–Crippen MR) is 264 cm³/mol. The largest absolute Gasteiger partial charge is 0.458 e. The molecule has 0 fully saturated rings. The Morgan fingerprint density at radius 1 is 0.594 bits per heavy atom. The van der Waals surface area contributed by atoms with E-state index in [9.17, 15) is 0 Å². The Labute approximate surface area is 376 Å². The minimum Gasteiger partial charge on any atom is -0.458 e. The number of imidazole rings is 1. The quantitative estimate of drug-likeness (QED) is 0.113. The molecule has 3 aromatic heterocycles. The van der Waals surface area contributed by atoms with Crippen LogP contribution >= 0.6 is 0 Å². The van der Waals surface area contributed by atoms with Crippen LogP contribution in [0.2, 0.25) is 0 Å². The molecule has 0 aliphatic carbocycles. The summed E-state index contributed by atoms with van der Waals surface area (Å²) in [6.07, 6.45) is 5.80. The Kier molecular flexibility index (Phi) is 10.1. The first-order valence-corrected chi connectivity index (χ1v) is 22.4. The average molecular weight is 835 g/mol. The highest BCUT2D eigenvalue weighted by atomic mass is 16.5.